The van der Waals surface area contributed by atoms with Crippen LogP contribution in [0.4, 0.5) is 0 Å². The van der Waals surface area contributed by atoms with Gasteiger partial charge in [0, 0.05) is 28.6 Å². The fourth-order valence-corrected chi connectivity index (χ4v) is 4.15. The monoisotopic (exact) mass is 524 g/mol. The molecule has 0 aliphatic carbocycles. The topological polar surface area (TPSA) is 147 Å². The molecule has 190 valence electrons. The first kappa shape index (κ1) is 28.3. The van der Waals surface area contributed by atoms with Crippen molar-refractivity contribution in [2.45, 2.75) is 52.1 Å². The van der Waals surface area contributed by atoms with Gasteiger partial charge < -0.3 is 21.7 Å². The molecular weight excluding hydrogens is 495 g/mol. The van der Waals surface area contributed by atoms with Crippen LogP contribution in [0.15, 0.2) is 24.3 Å². The zero-order valence-corrected chi connectivity index (χ0v) is 21.3. The summed E-state index contributed by atoms with van der Waals surface area (Å²) in [7, 11) is 0. The molecule has 2 unspecified atom stereocenters. The molecule has 35 heavy (non-hydrogen) atoms. The highest BCUT2D eigenvalue weighted by atomic mass is 35.5. The summed E-state index contributed by atoms with van der Waals surface area (Å²) in [5.41, 5.74) is 5.35. The predicted molar refractivity (Wildman–Crippen MR) is 133 cm³/mol. The molecular formula is C24H30Cl2N4O5. The van der Waals surface area contributed by atoms with Gasteiger partial charge in [0.2, 0.25) is 23.5 Å². The molecule has 11 heteroatoms. The molecule has 1 aromatic rings. The number of hydrogen-bond donors (Lipinski definition) is 4. The van der Waals surface area contributed by atoms with Crippen LogP contribution < -0.4 is 21.7 Å². The SMILES string of the molecule is CC(C)(C)CC(NC(=O)/C=C/c1ccc(Cl)cc1Cl)C(=O)NC(C[C@@H]1CCNC1=O)C(=O)C(N)=O. The first-order valence-electron chi connectivity index (χ1n) is 11.1. The molecule has 0 spiro atoms. The Morgan fingerprint density at radius 3 is 2.40 bits per heavy atom. The average molecular weight is 525 g/mol. The third-order valence-corrected chi connectivity index (χ3v) is 5.95. The van der Waals surface area contributed by atoms with Crippen LogP contribution in [-0.4, -0.2) is 48.0 Å². The van der Waals surface area contributed by atoms with Gasteiger partial charge in [-0.05, 0) is 48.4 Å². The number of Topliss-reactive ketones (excluding diaryl/α,β-unsaturated/α-hetero) is 1. The quantitative estimate of drug-likeness (QED) is 0.273. The van der Waals surface area contributed by atoms with Gasteiger partial charge in [-0.3, -0.25) is 24.0 Å². The molecule has 1 aromatic carbocycles. The summed E-state index contributed by atoms with van der Waals surface area (Å²) in [5, 5.41) is 8.61. The van der Waals surface area contributed by atoms with Crippen LogP contribution in [0.2, 0.25) is 10.0 Å². The minimum absolute atomic E-state index is 0.0650. The number of carbonyl (C=O) groups is 5. The molecule has 1 heterocycles. The predicted octanol–water partition coefficient (Wildman–Crippen LogP) is 1.99. The Balaban J connectivity index is 2.17. The minimum Gasteiger partial charge on any atom is -0.363 e. The fourth-order valence-electron chi connectivity index (χ4n) is 3.67. The Hall–Kier alpha value is -2.91. The number of nitrogens with one attached hydrogen (secondary N) is 3. The van der Waals surface area contributed by atoms with Gasteiger partial charge in [0.05, 0.1) is 6.04 Å². The third-order valence-electron chi connectivity index (χ3n) is 5.39. The van der Waals surface area contributed by atoms with Gasteiger partial charge in [-0.25, -0.2) is 0 Å². The summed E-state index contributed by atoms with van der Waals surface area (Å²) in [4.78, 5) is 61.6. The maximum Gasteiger partial charge on any atom is 0.287 e. The van der Waals surface area contributed by atoms with E-state index in [2.05, 4.69) is 16.0 Å². The van der Waals surface area contributed by atoms with Gasteiger partial charge in [-0.2, -0.15) is 0 Å². The van der Waals surface area contributed by atoms with E-state index in [-0.39, 0.29) is 24.2 Å². The second-order valence-corrected chi connectivity index (χ2v) is 10.5. The lowest BCUT2D eigenvalue weighted by atomic mass is 9.87. The molecule has 1 fully saturated rings. The van der Waals surface area contributed by atoms with Crippen molar-refractivity contribution in [3.8, 4) is 0 Å². The van der Waals surface area contributed by atoms with Crippen LogP contribution in [0.5, 0.6) is 0 Å². The molecule has 0 aromatic heterocycles. The number of ketones is 1. The second-order valence-electron chi connectivity index (χ2n) is 9.63. The van der Waals surface area contributed by atoms with Crippen molar-refractivity contribution >= 4 is 58.7 Å². The zero-order chi connectivity index (χ0) is 26.3. The number of benzene rings is 1. The number of nitrogens with two attached hydrogens (primary N) is 1. The van der Waals surface area contributed by atoms with Crippen LogP contribution in [-0.2, 0) is 24.0 Å². The average Bonchev–Trinajstić information content (AvgIpc) is 3.14. The third kappa shape index (κ3) is 8.99. The van der Waals surface area contributed by atoms with Gasteiger partial charge in [0.1, 0.15) is 6.04 Å². The lowest BCUT2D eigenvalue weighted by molar-refractivity contribution is -0.139. The number of halogens is 2. The van der Waals surface area contributed by atoms with Gasteiger partial charge in [-0.15, -0.1) is 0 Å². The van der Waals surface area contributed by atoms with Gasteiger partial charge in [0.25, 0.3) is 5.91 Å². The van der Waals surface area contributed by atoms with Crippen molar-refractivity contribution in [2.75, 3.05) is 6.54 Å². The molecule has 2 rings (SSSR count). The van der Waals surface area contributed by atoms with E-state index in [1.54, 1.807) is 12.1 Å². The van der Waals surface area contributed by atoms with Gasteiger partial charge in [-0.1, -0.05) is 50.0 Å². The molecule has 0 bridgehead atoms. The van der Waals surface area contributed by atoms with E-state index >= 15 is 0 Å². The lowest BCUT2D eigenvalue weighted by Gasteiger charge is -2.27. The highest BCUT2D eigenvalue weighted by molar-refractivity contribution is 6.38. The van der Waals surface area contributed by atoms with Crippen LogP contribution >= 0.6 is 23.2 Å². The fraction of sp³-hybridized carbons (Fsp3) is 0.458. The smallest absolute Gasteiger partial charge is 0.287 e. The largest absolute Gasteiger partial charge is 0.363 e. The minimum atomic E-state index is -1.28. The molecule has 5 N–H and O–H groups in total. The summed E-state index contributed by atoms with van der Waals surface area (Å²) in [6.45, 7) is 6.11. The summed E-state index contributed by atoms with van der Waals surface area (Å²) in [6, 6.07) is 2.51. The van der Waals surface area contributed by atoms with E-state index in [1.807, 2.05) is 20.8 Å². The van der Waals surface area contributed by atoms with E-state index in [0.717, 1.165) is 0 Å². The number of amides is 4. The Bertz CT molecular complexity index is 1040. The molecule has 0 radical (unpaired) electrons. The Morgan fingerprint density at radius 1 is 1.17 bits per heavy atom. The normalized spacial score (nSPS) is 17.5. The highest BCUT2D eigenvalue weighted by Gasteiger charge is 2.35. The van der Waals surface area contributed by atoms with Crippen LogP contribution in [0.1, 0.15) is 45.6 Å². The molecule has 1 aliphatic rings. The first-order valence-corrected chi connectivity index (χ1v) is 11.9. The van der Waals surface area contributed by atoms with Crippen molar-refractivity contribution in [3.05, 3.63) is 39.9 Å². The number of primary amides is 1. The van der Waals surface area contributed by atoms with E-state index < -0.39 is 41.5 Å². The zero-order valence-electron chi connectivity index (χ0n) is 19.8. The van der Waals surface area contributed by atoms with Crippen LogP contribution in [0.3, 0.4) is 0 Å². The molecule has 9 nitrogen and oxygen atoms in total. The summed E-state index contributed by atoms with van der Waals surface area (Å²) in [5.74, 6) is -4.24. The first-order chi connectivity index (χ1) is 16.3. The van der Waals surface area contributed by atoms with E-state index in [9.17, 15) is 24.0 Å². The van der Waals surface area contributed by atoms with Crippen LogP contribution in [0.25, 0.3) is 6.08 Å². The maximum absolute atomic E-state index is 13.1. The number of hydrogen-bond acceptors (Lipinski definition) is 5. The van der Waals surface area contributed by atoms with Gasteiger partial charge in [0.15, 0.2) is 0 Å². The molecule has 1 saturated heterocycles. The summed E-state index contributed by atoms with van der Waals surface area (Å²) < 4.78 is 0. The second kappa shape index (κ2) is 12.2. The lowest BCUT2D eigenvalue weighted by Crippen LogP contribution is -2.54. The standard InChI is InChI=1S/C24H30Cl2N4O5/c1-24(2,3)12-18(29-19(31)7-5-13-4-6-15(25)11-16(13)26)23(35)30-17(20(32)21(27)33)10-14-8-9-28-22(14)34/h4-7,11,14,17-18H,8-10,12H2,1-3H3,(H2,27,33)(H,28,34)(H,29,31)(H,30,35)/b7-5+/t14-,17?,18?/m0/s1. The Labute approximate surface area is 214 Å². The van der Waals surface area contributed by atoms with Crippen LogP contribution in [0, 0.1) is 11.3 Å². The Kier molecular flexibility index (Phi) is 9.85. The Morgan fingerprint density at radius 2 is 1.86 bits per heavy atom. The van der Waals surface area contributed by atoms with Crippen molar-refractivity contribution in [1.29, 1.82) is 0 Å². The van der Waals surface area contributed by atoms with Crippen molar-refractivity contribution in [3.63, 3.8) is 0 Å². The summed E-state index contributed by atoms with van der Waals surface area (Å²) in [6.07, 6.45) is 3.36. The number of carbonyl (C=O) groups excluding carboxylic acids is 5. The van der Waals surface area contributed by atoms with E-state index in [0.29, 0.717) is 28.6 Å². The maximum atomic E-state index is 13.1. The van der Waals surface area contributed by atoms with E-state index in [1.165, 1.54) is 18.2 Å². The van der Waals surface area contributed by atoms with Gasteiger partial charge >= 0.3 is 0 Å². The van der Waals surface area contributed by atoms with E-state index in [4.69, 9.17) is 28.9 Å². The van der Waals surface area contributed by atoms with Crippen molar-refractivity contribution in [1.82, 2.24) is 16.0 Å². The molecule has 1 aliphatic heterocycles. The molecule has 3 atom stereocenters. The number of rotatable bonds is 10. The molecule has 4 amide bonds. The highest BCUT2D eigenvalue weighted by Crippen LogP contribution is 2.23. The summed E-state index contributed by atoms with van der Waals surface area (Å²) >= 11 is 12.0. The van der Waals surface area contributed by atoms with Crippen molar-refractivity contribution < 1.29 is 24.0 Å². The molecule has 0 saturated carbocycles. The van der Waals surface area contributed by atoms with Crippen molar-refractivity contribution in [2.24, 2.45) is 17.1 Å².